The smallest absolute Gasteiger partial charge is 0.0701 e. The summed E-state index contributed by atoms with van der Waals surface area (Å²) in [5.41, 5.74) is 2.64. The van der Waals surface area contributed by atoms with Gasteiger partial charge in [0.2, 0.25) is 0 Å². The highest BCUT2D eigenvalue weighted by molar-refractivity contribution is 9.11. The third kappa shape index (κ3) is 4.39. The summed E-state index contributed by atoms with van der Waals surface area (Å²) in [5.74, 6) is 0. The number of halogens is 2. The third-order valence-electron chi connectivity index (χ3n) is 2.73. The van der Waals surface area contributed by atoms with Gasteiger partial charge < -0.3 is 5.32 Å². The number of rotatable bonds is 5. The lowest BCUT2D eigenvalue weighted by Crippen LogP contribution is -2.27. The minimum absolute atomic E-state index is 0.449. The second-order valence-corrected chi connectivity index (χ2v) is 7.10. The molecule has 0 amide bonds. The van der Waals surface area contributed by atoms with Gasteiger partial charge in [0.15, 0.2) is 0 Å². The first-order valence-electron chi connectivity index (χ1n) is 5.84. The van der Waals surface area contributed by atoms with E-state index in [0.29, 0.717) is 6.04 Å². The molecule has 1 atom stereocenters. The van der Waals surface area contributed by atoms with Crippen molar-refractivity contribution in [3.63, 3.8) is 0 Å². The molecule has 0 aliphatic rings. The molecule has 96 valence electrons. The molecule has 1 nitrogen and oxygen atoms in total. The van der Waals surface area contributed by atoms with E-state index in [2.05, 4.69) is 51.7 Å². The van der Waals surface area contributed by atoms with Gasteiger partial charge >= 0.3 is 0 Å². The predicted octanol–water partition coefficient (Wildman–Crippen LogP) is 4.88. The van der Waals surface area contributed by atoms with Crippen molar-refractivity contribution in [2.45, 2.75) is 25.9 Å². The molecule has 2 aromatic rings. The van der Waals surface area contributed by atoms with Crippen LogP contribution in [0.25, 0.3) is 0 Å². The molecule has 1 unspecified atom stereocenters. The van der Waals surface area contributed by atoms with Gasteiger partial charge in [0, 0.05) is 17.6 Å². The van der Waals surface area contributed by atoms with Gasteiger partial charge in [-0.05, 0) is 64.0 Å². The van der Waals surface area contributed by atoms with Crippen LogP contribution in [0.15, 0.2) is 39.5 Å². The van der Waals surface area contributed by atoms with Crippen LogP contribution in [0.2, 0.25) is 5.02 Å². The Labute approximate surface area is 125 Å². The molecule has 2 rings (SSSR count). The average molecular weight is 345 g/mol. The molecule has 1 N–H and O–H groups in total. The van der Waals surface area contributed by atoms with Gasteiger partial charge in [-0.2, -0.15) is 0 Å². The highest BCUT2D eigenvalue weighted by Crippen LogP contribution is 2.20. The van der Waals surface area contributed by atoms with E-state index in [9.17, 15) is 0 Å². The zero-order valence-corrected chi connectivity index (χ0v) is 13.3. The van der Waals surface area contributed by atoms with Crippen molar-refractivity contribution in [2.75, 3.05) is 0 Å². The predicted molar refractivity (Wildman–Crippen MR) is 83.5 cm³/mol. The molecule has 0 radical (unpaired) electrons. The monoisotopic (exact) mass is 343 g/mol. The number of nitrogens with one attached hydrogen (secondary N) is 1. The molecule has 0 aliphatic heterocycles. The van der Waals surface area contributed by atoms with Crippen LogP contribution < -0.4 is 5.32 Å². The van der Waals surface area contributed by atoms with Gasteiger partial charge in [-0.25, -0.2) is 0 Å². The Morgan fingerprint density at radius 3 is 2.61 bits per heavy atom. The lowest BCUT2D eigenvalue weighted by molar-refractivity contribution is 0.546. The minimum atomic E-state index is 0.449. The molecule has 0 saturated carbocycles. The van der Waals surface area contributed by atoms with Crippen LogP contribution in [0.3, 0.4) is 0 Å². The fraction of sp³-hybridized carbons (Fsp3) is 0.286. The second-order valence-electron chi connectivity index (χ2n) is 4.37. The molecule has 0 saturated heterocycles. The Kier molecular flexibility index (Phi) is 5.25. The molecule has 1 aromatic carbocycles. The molecule has 4 heteroatoms. The van der Waals surface area contributed by atoms with Crippen molar-refractivity contribution in [1.82, 2.24) is 5.32 Å². The zero-order chi connectivity index (χ0) is 13.0. The number of benzene rings is 1. The highest BCUT2D eigenvalue weighted by Gasteiger charge is 2.04. The van der Waals surface area contributed by atoms with Gasteiger partial charge in [-0.3, -0.25) is 0 Å². The Balaban J connectivity index is 1.81. The summed E-state index contributed by atoms with van der Waals surface area (Å²) in [4.78, 5) is 0. The number of hydrogen-bond donors (Lipinski definition) is 1. The number of hydrogen-bond acceptors (Lipinski definition) is 2. The van der Waals surface area contributed by atoms with Crippen LogP contribution in [0.4, 0.5) is 0 Å². The van der Waals surface area contributed by atoms with Gasteiger partial charge in [0.05, 0.1) is 3.79 Å². The maximum Gasteiger partial charge on any atom is 0.0701 e. The van der Waals surface area contributed by atoms with Crippen LogP contribution in [0.1, 0.15) is 18.1 Å². The summed E-state index contributed by atoms with van der Waals surface area (Å²) in [6.45, 7) is 3.12. The molecular formula is C14H15BrClNS. The summed E-state index contributed by atoms with van der Waals surface area (Å²) < 4.78 is 1.18. The van der Waals surface area contributed by atoms with E-state index in [0.717, 1.165) is 18.0 Å². The summed E-state index contributed by atoms with van der Waals surface area (Å²) >= 11 is 11.1. The van der Waals surface area contributed by atoms with Crippen LogP contribution in [0.5, 0.6) is 0 Å². The van der Waals surface area contributed by atoms with Crippen LogP contribution in [-0.4, -0.2) is 6.04 Å². The average Bonchev–Trinajstić information content (AvgIpc) is 2.76. The fourth-order valence-corrected chi connectivity index (χ4v) is 3.11. The van der Waals surface area contributed by atoms with Crippen molar-refractivity contribution in [3.8, 4) is 0 Å². The zero-order valence-electron chi connectivity index (χ0n) is 10.1. The van der Waals surface area contributed by atoms with E-state index in [4.69, 9.17) is 11.6 Å². The molecule has 0 aliphatic carbocycles. The molecule has 1 aromatic heterocycles. The first-order chi connectivity index (χ1) is 8.63. The standard InChI is InChI=1S/C14H15BrClNS/c1-10(6-11-2-4-13(16)5-3-11)17-8-12-7-14(15)18-9-12/h2-5,7,9-10,17H,6,8H2,1H3. The second kappa shape index (κ2) is 6.71. The maximum absolute atomic E-state index is 5.87. The van der Waals surface area contributed by atoms with Crippen molar-refractivity contribution >= 4 is 38.9 Å². The van der Waals surface area contributed by atoms with Crippen molar-refractivity contribution < 1.29 is 0 Å². The van der Waals surface area contributed by atoms with E-state index in [1.165, 1.54) is 14.9 Å². The summed E-state index contributed by atoms with van der Waals surface area (Å²) in [6, 6.07) is 10.7. The van der Waals surface area contributed by atoms with E-state index in [-0.39, 0.29) is 0 Å². The summed E-state index contributed by atoms with van der Waals surface area (Å²) in [7, 11) is 0. The maximum atomic E-state index is 5.87. The first-order valence-corrected chi connectivity index (χ1v) is 7.89. The molecule has 0 fully saturated rings. The topological polar surface area (TPSA) is 12.0 Å². The van der Waals surface area contributed by atoms with Crippen LogP contribution >= 0.6 is 38.9 Å². The van der Waals surface area contributed by atoms with E-state index in [1.807, 2.05) is 12.1 Å². The third-order valence-corrected chi connectivity index (χ3v) is 4.54. The van der Waals surface area contributed by atoms with E-state index in [1.54, 1.807) is 11.3 Å². The Morgan fingerprint density at radius 1 is 1.28 bits per heavy atom. The Bertz CT molecular complexity index is 495. The first kappa shape index (κ1) is 14.1. The molecular weight excluding hydrogens is 330 g/mol. The SMILES string of the molecule is CC(Cc1ccc(Cl)cc1)NCc1csc(Br)c1. The van der Waals surface area contributed by atoms with Gasteiger partial charge in [0.25, 0.3) is 0 Å². The van der Waals surface area contributed by atoms with E-state index >= 15 is 0 Å². The Hall–Kier alpha value is -0.350. The van der Waals surface area contributed by atoms with Gasteiger partial charge in [-0.15, -0.1) is 11.3 Å². The van der Waals surface area contributed by atoms with Crippen molar-refractivity contribution in [2.24, 2.45) is 0 Å². The van der Waals surface area contributed by atoms with Gasteiger partial charge in [0.1, 0.15) is 0 Å². The van der Waals surface area contributed by atoms with E-state index < -0.39 is 0 Å². The van der Waals surface area contributed by atoms with Crippen LogP contribution in [0, 0.1) is 0 Å². The molecule has 18 heavy (non-hydrogen) atoms. The number of thiophene rings is 1. The Morgan fingerprint density at radius 2 is 2.00 bits per heavy atom. The summed E-state index contributed by atoms with van der Waals surface area (Å²) in [5, 5.41) is 6.49. The van der Waals surface area contributed by atoms with Gasteiger partial charge in [-0.1, -0.05) is 23.7 Å². The fourth-order valence-electron chi connectivity index (χ4n) is 1.78. The van der Waals surface area contributed by atoms with Crippen LogP contribution in [-0.2, 0) is 13.0 Å². The molecule has 1 heterocycles. The van der Waals surface area contributed by atoms with Crippen molar-refractivity contribution in [1.29, 1.82) is 0 Å². The normalized spacial score (nSPS) is 12.6. The largest absolute Gasteiger partial charge is 0.310 e. The van der Waals surface area contributed by atoms with Crippen molar-refractivity contribution in [3.05, 3.63) is 55.6 Å². The minimum Gasteiger partial charge on any atom is -0.310 e. The summed E-state index contributed by atoms with van der Waals surface area (Å²) in [6.07, 6.45) is 1.02. The lowest BCUT2D eigenvalue weighted by atomic mass is 10.1. The molecule has 0 spiro atoms. The highest BCUT2D eigenvalue weighted by atomic mass is 79.9. The quantitative estimate of drug-likeness (QED) is 0.814. The molecule has 0 bridgehead atoms. The lowest BCUT2D eigenvalue weighted by Gasteiger charge is -2.13.